The van der Waals surface area contributed by atoms with E-state index in [9.17, 15) is 0 Å². The summed E-state index contributed by atoms with van der Waals surface area (Å²) < 4.78 is 6.26. The third-order valence-corrected chi connectivity index (χ3v) is 2.46. The Kier molecular flexibility index (Phi) is 5.16. The average Bonchev–Trinajstić information content (AvgIpc) is 2.25. The van der Waals surface area contributed by atoms with Crippen LogP contribution >= 0.6 is 15.9 Å². The molecule has 3 nitrogen and oxygen atoms in total. The van der Waals surface area contributed by atoms with Gasteiger partial charge in [-0.15, -0.1) is 0 Å². The smallest absolute Gasteiger partial charge is 0.123 e. The van der Waals surface area contributed by atoms with Gasteiger partial charge < -0.3 is 10.1 Å². The molecule has 0 atom stereocenters. The molecule has 15 heavy (non-hydrogen) atoms. The lowest BCUT2D eigenvalue weighted by atomic mass is 10.2. The zero-order chi connectivity index (χ0) is 11.1. The fourth-order valence-electron chi connectivity index (χ4n) is 1.25. The number of methoxy groups -OCH3 is 1. The van der Waals surface area contributed by atoms with E-state index in [-0.39, 0.29) is 0 Å². The van der Waals surface area contributed by atoms with E-state index in [4.69, 9.17) is 10.00 Å². The summed E-state index contributed by atoms with van der Waals surface area (Å²) in [5, 5.41) is 11.6. The molecule has 80 valence electrons. The summed E-state index contributed by atoms with van der Waals surface area (Å²) in [6, 6.07) is 7.97. The van der Waals surface area contributed by atoms with Gasteiger partial charge in [0.25, 0.3) is 0 Å². The molecule has 4 heteroatoms. The zero-order valence-electron chi connectivity index (χ0n) is 8.59. The van der Waals surface area contributed by atoms with Crippen molar-refractivity contribution in [2.75, 3.05) is 13.7 Å². The van der Waals surface area contributed by atoms with Gasteiger partial charge in [0.05, 0.1) is 13.2 Å². The van der Waals surface area contributed by atoms with Crippen molar-refractivity contribution in [1.82, 2.24) is 5.32 Å². The minimum absolute atomic E-state index is 0.524. The molecule has 1 rings (SSSR count). The third kappa shape index (κ3) is 3.90. The topological polar surface area (TPSA) is 45.0 Å². The van der Waals surface area contributed by atoms with Crippen molar-refractivity contribution in [3.05, 3.63) is 28.2 Å². The SMILES string of the molecule is COc1ccc(Br)cc1CNCCC#N. The van der Waals surface area contributed by atoms with E-state index in [1.165, 1.54) is 0 Å². The van der Waals surface area contributed by atoms with Crippen LogP contribution in [0.4, 0.5) is 0 Å². The summed E-state index contributed by atoms with van der Waals surface area (Å²) in [5.74, 6) is 0.864. The van der Waals surface area contributed by atoms with Gasteiger partial charge in [-0.25, -0.2) is 0 Å². The Balaban J connectivity index is 2.58. The van der Waals surface area contributed by atoms with E-state index < -0.39 is 0 Å². The highest BCUT2D eigenvalue weighted by molar-refractivity contribution is 9.10. The van der Waals surface area contributed by atoms with Crippen molar-refractivity contribution in [1.29, 1.82) is 5.26 Å². The molecule has 0 heterocycles. The van der Waals surface area contributed by atoms with Crippen molar-refractivity contribution >= 4 is 15.9 Å². The van der Waals surface area contributed by atoms with Crippen molar-refractivity contribution in [3.63, 3.8) is 0 Å². The molecule has 0 radical (unpaired) electrons. The minimum atomic E-state index is 0.524. The average molecular weight is 269 g/mol. The molecule has 0 fully saturated rings. The van der Waals surface area contributed by atoms with Gasteiger partial charge in [0.15, 0.2) is 0 Å². The molecule has 0 bridgehead atoms. The lowest BCUT2D eigenvalue weighted by Gasteiger charge is -2.09. The quantitative estimate of drug-likeness (QED) is 0.835. The first-order valence-corrected chi connectivity index (χ1v) is 5.47. The van der Waals surface area contributed by atoms with Gasteiger partial charge in [-0.1, -0.05) is 15.9 Å². The highest BCUT2D eigenvalue weighted by Gasteiger charge is 2.02. The Morgan fingerprint density at radius 2 is 2.33 bits per heavy atom. The molecule has 0 aliphatic carbocycles. The molecule has 0 spiro atoms. The van der Waals surface area contributed by atoms with E-state index in [0.29, 0.717) is 19.5 Å². The Hall–Kier alpha value is -1.05. The lowest BCUT2D eigenvalue weighted by molar-refractivity contribution is 0.407. The van der Waals surface area contributed by atoms with Gasteiger partial charge in [-0.2, -0.15) is 5.26 Å². The van der Waals surface area contributed by atoms with Crippen molar-refractivity contribution in [2.45, 2.75) is 13.0 Å². The number of halogens is 1. The zero-order valence-corrected chi connectivity index (χ0v) is 10.2. The van der Waals surface area contributed by atoms with Gasteiger partial charge in [0.1, 0.15) is 5.75 Å². The number of hydrogen-bond acceptors (Lipinski definition) is 3. The van der Waals surface area contributed by atoms with Crippen molar-refractivity contribution in [2.24, 2.45) is 0 Å². The van der Waals surface area contributed by atoms with Crippen LogP contribution in [-0.4, -0.2) is 13.7 Å². The lowest BCUT2D eigenvalue weighted by Crippen LogP contribution is -2.14. The minimum Gasteiger partial charge on any atom is -0.496 e. The van der Waals surface area contributed by atoms with Crippen LogP contribution in [0, 0.1) is 11.3 Å². The Morgan fingerprint density at radius 3 is 3.00 bits per heavy atom. The van der Waals surface area contributed by atoms with Crippen LogP contribution in [0.25, 0.3) is 0 Å². The molecule has 1 N–H and O–H groups in total. The number of hydrogen-bond donors (Lipinski definition) is 1. The molecule has 0 saturated heterocycles. The highest BCUT2D eigenvalue weighted by Crippen LogP contribution is 2.22. The van der Waals surface area contributed by atoms with Crippen LogP contribution in [-0.2, 0) is 6.54 Å². The predicted octanol–water partition coefficient (Wildman–Crippen LogP) is 2.46. The second-order valence-corrected chi connectivity index (χ2v) is 3.96. The first-order chi connectivity index (χ1) is 7.27. The van der Waals surface area contributed by atoms with Crippen molar-refractivity contribution < 1.29 is 4.74 Å². The van der Waals surface area contributed by atoms with E-state index >= 15 is 0 Å². The molecule has 0 amide bonds. The van der Waals surface area contributed by atoms with Gasteiger partial charge in [-0.05, 0) is 18.2 Å². The molecule has 1 aromatic rings. The predicted molar refractivity (Wildman–Crippen MR) is 62.6 cm³/mol. The first-order valence-electron chi connectivity index (χ1n) is 4.68. The second-order valence-electron chi connectivity index (χ2n) is 3.04. The number of nitrogens with zero attached hydrogens (tertiary/aromatic N) is 1. The maximum atomic E-state index is 8.39. The Morgan fingerprint density at radius 1 is 1.53 bits per heavy atom. The fourth-order valence-corrected chi connectivity index (χ4v) is 1.66. The largest absolute Gasteiger partial charge is 0.496 e. The summed E-state index contributed by atoms with van der Waals surface area (Å²) in [7, 11) is 1.65. The number of benzene rings is 1. The summed E-state index contributed by atoms with van der Waals surface area (Å²) in [5.41, 5.74) is 1.09. The van der Waals surface area contributed by atoms with Gasteiger partial charge in [0, 0.05) is 29.5 Å². The number of nitrogens with one attached hydrogen (secondary N) is 1. The van der Waals surface area contributed by atoms with Gasteiger partial charge in [-0.3, -0.25) is 0 Å². The van der Waals surface area contributed by atoms with E-state index in [0.717, 1.165) is 15.8 Å². The van der Waals surface area contributed by atoms with Crippen LogP contribution in [0.5, 0.6) is 5.75 Å². The van der Waals surface area contributed by atoms with Crippen molar-refractivity contribution in [3.8, 4) is 11.8 Å². The van der Waals surface area contributed by atoms with E-state index in [1.807, 2.05) is 18.2 Å². The molecular formula is C11H13BrN2O. The molecule has 0 aliphatic rings. The van der Waals surface area contributed by atoms with Gasteiger partial charge in [0.2, 0.25) is 0 Å². The summed E-state index contributed by atoms with van der Waals surface area (Å²) in [4.78, 5) is 0. The Bertz CT molecular complexity index is 360. The van der Waals surface area contributed by atoms with Crippen LogP contribution < -0.4 is 10.1 Å². The highest BCUT2D eigenvalue weighted by atomic mass is 79.9. The maximum Gasteiger partial charge on any atom is 0.123 e. The second kappa shape index (κ2) is 6.44. The molecule has 0 aromatic heterocycles. The van der Waals surface area contributed by atoms with Crippen LogP contribution in [0.2, 0.25) is 0 Å². The normalized spacial score (nSPS) is 9.67. The molecular weight excluding hydrogens is 256 g/mol. The molecule has 0 saturated carbocycles. The maximum absolute atomic E-state index is 8.39. The van der Waals surface area contributed by atoms with Gasteiger partial charge >= 0.3 is 0 Å². The van der Waals surface area contributed by atoms with Crippen LogP contribution in [0.15, 0.2) is 22.7 Å². The summed E-state index contributed by atoms with van der Waals surface area (Å²) in [6.45, 7) is 1.41. The molecule has 0 aliphatic heterocycles. The van der Waals surface area contributed by atoms with E-state index in [1.54, 1.807) is 7.11 Å². The number of rotatable bonds is 5. The van der Waals surface area contributed by atoms with E-state index in [2.05, 4.69) is 27.3 Å². The monoisotopic (exact) mass is 268 g/mol. The number of ether oxygens (including phenoxy) is 1. The van der Waals surface area contributed by atoms with Crippen LogP contribution in [0.3, 0.4) is 0 Å². The standard InChI is InChI=1S/C11H13BrN2O/c1-15-11-4-3-10(12)7-9(11)8-14-6-2-5-13/h3-4,7,14H,2,6,8H2,1H3. The third-order valence-electron chi connectivity index (χ3n) is 1.97. The molecule has 1 aromatic carbocycles. The summed E-state index contributed by atoms with van der Waals surface area (Å²) >= 11 is 3.41. The first kappa shape index (κ1) is 12.0. The Labute approximate surface area is 98.2 Å². The van der Waals surface area contributed by atoms with Crippen LogP contribution in [0.1, 0.15) is 12.0 Å². The fraction of sp³-hybridized carbons (Fsp3) is 0.364. The molecule has 0 unspecified atom stereocenters. The summed E-state index contributed by atoms with van der Waals surface area (Å²) in [6.07, 6.45) is 0.524. The number of nitriles is 1.